The Balaban J connectivity index is 2.06. The Morgan fingerprint density at radius 1 is 1.05 bits per heavy atom. The van der Waals surface area contributed by atoms with E-state index >= 15 is 0 Å². The molecule has 0 amide bonds. The summed E-state index contributed by atoms with van der Waals surface area (Å²) in [6, 6.07) is 8.42. The summed E-state index contributed by atoms with van der Waals surface area (Å²) in [5.74, 6) is 0. The third-order valence-electron chi connectivity index (χ3n) is 4.54. The third kappa shape index (κ3) is 2.03. The van der Waals surface area contributed by atoms with Gasteiger partial charge in [0.05, 0.1) is 11.2 Å². The Hall–Kier alpha value is -0.775. The van der Waals surface area contributed by atoms with Crippen molar-refractivity contribution in [2.75, 3.05) is 0 Å². The molecule has 0 aliphatic carbocycles. The molecule has 0 unspecified atom stereocenters. The maximum atomic E-state index is 6.14. The first-order valence-corrected chi connectivity index (χ1v) is 7.61. The molecule has 1 aliphatic rings. The second-order valence-electron chi connectivity index (χ2n) is 6.42. The Kier molecular flexibility index (Phi) is 3.09. The van der Waals surface area contributed by atoms with E-state index in [1.54, 1.807) is 0 Å². The lowest BCUT2D eigenvalue weighted by Crippen LogP contribution is -2.41. The SMILES string of the molecule is Cn1c(B2OC(C)(C)C(C)(C)O2)cc2ccc(Br)cc21. The molecular formula is C15H19BBrNO2. The molecule has 1 fully saturated rings. The van der Waals surface area contributed by atoms with Crippen LogP contribution in [0.5, 0.6) is 0 Å². The second-order valence-corrected chi connectivity index (χ2v) is 7.34. The van der Waals surface area contributed by atoms with Crippen LogP contribution in [-0.2, 0) is 16.4 Å². The van der Waals surface area contributed by atoms with E-state index in [4.69, 9.17) is 9.31 Å². The average molecular weight is 336 g/mol. The van der Waals surface area contributed by atoms with Crippen molar-refractivity contribution >= 4 is 39.5 Å². The molecule has 0 saturated carbocycles. The zero-order chi connectivity index (χ0) is 14.7. The van der Waals surface area contributed by atoms with Gasteiger partial charge in [-0.2, -0.15) is 0 Å². The summed E-state index contributed by atoms with van der Waals surface area (Å²) in [6.45, 7) is 8.30. The minimum Gasteiger partial charge on any atom is -0.398 e. The highest BCUT2D eigenvalue weighted by atomic mass is 79.9. The molecule has 2 aromatic rings. The van der Waals surface area contributed by atoms with Crippen molar-refractivity contribution in [2.24, 2.45) is 7.05 Å². The first kappa shape index (κ1) is 14.2. The number of aromatic nitrogens is 1. The molecule has 0 N–H and O–H groups in total. The van der Waals surface area contributed by atoms with Gasteiger partial charge >= 0.3 is 7.12 Å². The molecule has 0 radical (unpaired) electrons. The van der Waals surface area contributed by atoms with Crippen LogP contribution in [0.4, 0.5) is 0 Å². The number of rotatable bonds is 1. The zero-order valence-corrected chi connectivity index (χ0v) is 14.1. The van der Waals surface area contributed by atoms with Gasteiger partial charge in [0.2, 0.25) is 0 Å². The molecule has 2 heterocycles. The van der Waals surface area contributed by atoms with E-state index in [0.717, 1.165) is 10.1 Å². The topological polar surface area (TPSA) is 23.4 Å². The molecule has 0 atom stereocenters. The number of fused-ring (bicyclic) bond motifs is 1. The van der Waals surface area contributed by atoms with E-state index in [9.17, 15) is 0 Å². The van der Waals surface area contributed by atoms with Crippen molar-refractivity contribution < 1.29 is 9.31 Å². The second kappa shape index (κ2) is 4.36. The fourth-order valence-electron chi connectivity index (χ4n) is 2.51. The average Bonchev–Trinajstić information content (AvgIpc) is 2.75. The van der Waals surface area contributed by atoms with E-state index in [0.29, 0.717) is 0 Å². The maximum absolute atomic E-state index is 6.14. The first-order chi connectivity index (χ1) is 9.21. The van der Waals surface area contributed by atoms with Gasteiger partial charge < -0.3 is 13.9 Å². The fraction of sp³-hybridized carbons (Fsp3) is 0.467. The largest absolute Gasteiger partial charge is 0.512 e. The standard InChI is InChI=1S/C15H19BBrNO2/c1-14(2)15(3,4)20-16(19-14)13-8-10-6-7-11(17)9-12(10)18(13)5/h6-9H,1-5H3. The van der Waals surface area contributed by atoms with Crippen LogP contribution in [0.25, 0.3) is 10.9 Å². The number of hydrogen-bond acceptors (Lipinski definition) is 2. The van der Waals surface area contributed by atoms with Crippen molar-refractivity contribution in [1.82, 2.24) is 4.57 Å². The smallest absolute Gasteiger partial charge is 0.398 e. The minimum atomic E-state index is -0.323. The van der Waals surface area contributed by atoms with Gasteiger partial charge in [0.15, 0.2) is 0 Å². The van der Waals surface area contributed by atoms with Crippen LogP contribution in [0, 0.1) is 0 Å². The van der Waals surface area contributed by atoms with E-state index in [-0.39, 0.29) is 18.3 Å². The lowest BCUT2D eigenvalue weighted by Gasteiger charge is -2.32. The minimum absolute atomic E-state index is 0.311. The predicted molar refractivity (Wildman–Crippen MR) is 86.3 cm³/mol. The van der Waals surface area contributed by atoms with Crippen molar-refractivity contribution in [1.29, 1.82) is 0 Å². The summed E-state index contributed by atoms with van der Waals surface area (Å²) in [7, 11) is 1.73. The highest BCUT2D eigenvalue weighted by molar-refractivity contribution is 9.10. The molecule has 106 valence electrons. The van der Waals surface area contributed by atoms with Crippen LogP contribution >= 0.6 is 15.9 Å². The number of nitrogens with zero attached hydrogens (tertiary/aromatic N) is 1. The third-order valence-corrected chi connectivity index (χ3v) is 5.03. The van der Waals surface area contributed by atoms with Crippen molar-refractivity contribution in [2.45, 2.75) is 38.9 Å². The van der Waals surface area contributed by atoms with Crippen LogP contribution < -0.4 is 5.59 Å². The Labute approximate surface area is 128 Å². The highest BCUT2D eigenvalue weighted by Gasteiger charge is 2.52. The van der Waals surface area contributed by atoms with Gasteiger partial charge in [-0.05, 0) is 51.3 Å². The van der Waals surface area contributed by atoms with E-state index < -0.39 is 0 Å². The molecule has 5 heteroatoms. The Morgan fingerprint density at radius 2 is 1.65 bits per heavy atom. The maximum Gasteiger partial charge on any atom is 0.512 e. The summed E-state index contributed by atoms with van der Waals surface area (Å²) in [6.07, 6.45) is 0. The van der Waals surface area contributed by atoms with Crippen LogP contribution in [0.2, 0.25) is 0 Å². The lowest BCUT2D eigenvalue weighted by molar-refractivity contribution is 0.00578. The Bertz CT molecular complexity index is 662. The van der Waals surface area contributed by atoms with Gasteiger partial charge in [0.1, 0.15) is 0 Å². The zero-order valence-electron chi connectivity index (χ0n) is 12.5. The molecule has 3 nitrogen and oxygen atoms in total. The monoisotopic (exact) mass is 335 g/mol. The highest BCUT2D eigenvalue weighted by Crippen LogP contribution is 2.36. The van der Waals surface area contributed by atoms with E-state index in [1.165, 1.54) is 10.9 Å². The van der Waals surface area contributed by atoms with Gasteiger partial charge in [0.25, 0.3) is 0 Å². The molecule has 3 rings (SSSR count). The first-order valence-electron chi connectivity index (χ1n) is 6.82. The molecule has 0 bridgehead atoms. The van der Waals surface area contributed by atoms with Gasteiger partial charge in [0, 0.05) is 22.6 Å². The summed E-state index contributed by atoms with van der Waals surface area (Å²) in [4.78, 5) is 0. The number of benzene rings is 1. The van der Waals surface area contributed by atoms with Gasteiger partial charge in [-0.15, -0.1) is 0 Å². The summed E-state index contributed by atoms with van der Waals surface area (Å²) in [5.41, 5.74) is 1.60. The lowest BCUT2D eigenvalue weighted by atomic mass is 9.84. The van der Waals surface area contributed by atoms with Crippen molar-refractivity contribution in [3.8, 4) is 0 Å². The molecule has 1 aromatic heterocycles. The number of hydrogen-bond donors (Lipinski definition) is 0. The molecule has 1 saturated heterocycles. The predicted octanol–water partition coefficient (Wildman–Crippen LogP) is 3.24. The molecule has 20 heavy (non-hydrogen) atoms. The van der Waals surface area contributed by atoms with Crippen molar-refractivity contribution in [3.05, 3.63) is 28.7 Å². The van der Waals surface area contributed by atoms with Crippen LogP contribution in [0.3, 0.4) is 0 Å². The number of aryl methyl sites for hydroxylation is 1. The van der Waals surface area contributed by atoms with Crippen molar-refractivity contribution in [3.63, 3.8) is 0 Å². The normalized spacial score (nSPS) is 20.8. The molecule has 1 aliphatic heterocycles. The number of halogens is 1. The Morgan fingerprint density at radius 3 is 2.25 bits per heavy atom. The summed E-state index contributed by atoms with van der Waals surface area (Å²) < 4.78 is 15.5. The van der Waals surface area contributed by atoms with E-state index in [1.807, 2.05) is 0 Å². The van der Waals surface area contributed by atoms with Crippen LogP contribution in [0.15, 0.2) is 28.7 Å². The van der Waals surface area contributed by atoms with Gasteiger partial charge in [-0.25, -0.2) is 0 Å². The van der Waals surface area contributed by atoms with Crippen LogP contribution in [0.1, 0.15) is 27.7 Å². The molecule has 1 aromatic carbocycles. The molecule has 0 spiro atoms. The van der Waals surface area contributed by atoms with Gasteiger partial charge in [-0.1, -0.05) is 22.0 Å². The van der Waals surface area contributed by atoms with Gasteiger partial charge in [-0.3, -0.25) is 0 Å². The van der Waals surface area contributed by atoms with Crippen LogP contribution in [-0.4, -0.2) is 22.9 Å². The summed E-state index contributed by atoms with van der Waals surface area (Å²) in [5, 5.41) is 1.19. The van der Waals surface area contributed by atoms with E-state index in [2.05, 4.69) is 79.5 Å². The quantitative estimate of drug-likeness (QED) is 0.747. The molecular weight excluding hydrogens is 317 g/mol. The fourth-order valence-corrected chi connectivity index (χ4v) is 2.86. The summed E-state index contributed by atoms with van der Waals surface area (Å²) >= 11 is 3.52.